The molecule has 0 amide bonds. The molecule has 1 aromatic carbocycles. The Bertz CT molecular complexity index is 574. The van der Waals surface area contributed by atoms with Gasteiger partial charge >= 0.3 is 0 Å². The van der Waals surface area contributed by atoms with E-state index in [1.165, 1.54) is 16.8 Å². The SMILES string of the molecule is Cc1cn(-c2c(Cl)cccc2[N+](=O)[O-])nc1N. The quantitative estimate of drug-likeness (QED) is 0.656. The van der Waals surface area contributed by atoms with E-state index in [-0.39, 0.29) is 16.4 Å². The van der Waals surface area contributed by atoms with Crippen molar-refractivity contribution < 1.29 is 4.92 Å². The number of aromatic nitrogens is 2. The van der Waals surface area contributed by atoms with Crippen LogP contribution in [0.4, 0.5) is 11.5 Å². The van der Waals surface area contributed by atoms with Crippen LogP contribution in [0.25, 0.3) is 5.69 Å². The van der Waals surface area contributed by atoms with Crippen molar-refractivity contribution in [2.75, 3.05) is 5.73 Å². The molecule has 7 heteroatoms. The molecule has 0 aliphatic rings. The third kappa shape index (κ3) is 1.94. The molecule has 2 rings (SSSR count). The van der Waals surface area contributed by atoms with E-state index in [4.69, 9.17) is 17.3 Å². The number of nitro benzene ring substituents is 1. The molecule has 0 bridgehead atoms. The van der Waals surface area contributed by atoms with Gasteiger partial charge < -0.3 is 5.73 Å². The van der Waals surface area contributed by atoms with E-state index in [2.05, 4.69) is 5.10 Å². The highest BCUT2D eigenvalue weighted by Crippen LogP contribution is 2.30. The predicted molar refractivity (Wildman–Crippen MR) is 64.4 cm³/mol. The number of anilines is 1. The molecule has 0 radical (unpaired) electrons. The highest BCUT2D eigenvalue weighted by atomic mass is 35.5. The first kappa shape index (κ1) is 11.4. The normalized spacial score (nSPS) is 10.5. The van der Waals surface area contributed by atoms with Gasteiger partial charge in [-0.1, -0.05) is 17.7 Å². The Morgan fingerprint density at radius 3 is 2.76 bits per heavy atom. The number of benzene rings is 1. The number of nitrogens with zero attached hydrogens (tertiary/aromatic N) is 3. The van der Waals surface area contributed by atoms with Gasteiger partial charge in [-0.3, -0.25) is 10.1 Å². The Hall–Kier alpha value is -2.08. The van der Waals surface area contributed by atoms with Gasteiger partial charge in [0.1, 0.15) is 5.82 Å². The molecule has 6 nitrogen and oxygen atoms in total. The molecule has 0 saturated carbocycles. The molecule has 0 unspecified atom stereocenters. The van der Waals surface area contributed by atoms with Gasteiger partial charge in [0.05, 0.1) is 9.95 Å². The molecule has 2 N–H and O–H groups in total. The molecule has 17 heavy (non-hydrogen) atoms. The van der Waals surface area contributed by atoms with Gasteiger partial charge in [-0.15, -0.1) is 0 Å². The second-order valence-electron chi connectivity index (χ2n) is 3.51. The molecule has 1 heterocycles. The summed E-state index contributed by atoms with van der Waals surface area (Å²) in [7, 11) is 0. The van der Waals surface area contributed by atoms with Gasteiger partial charge in [0.2, 0.25) is 0 Å². The van der Waals surface area contributed by atoms with Crippen molar-refractivity contribution in [1.82, 2.24) is 9.78 Å². The summed E-state index contributed by atoms with van der Waals surface area (Å²) in [5, 5.41) is 15.2. The monoisotopic (exact) mass is 252 g/mol. The van der Waals surface area contributed by atoms with Crippen molar-refractivity contribution in [3.63, 3.8) is 0 Å². The van der Waals surface area contributed by atoms with Crippen LogP contribution >= 0.6 is 11.6 Å². The second-order valence-corrected chi connectivity index (χ2v) is 3.91. The predicted octanol–water partition coefficient (Wildman–Crippen LogP) is 2.32. The fourth-order valence-corrected chi connectivity index (χ4v) is 1.72. The number of nitrogen functional groups attached to an aromatic ring is 1. The lowest BCUT2D eigenvalue weighted by molar-refractivity contribution is -0.384. The number of hydrogen-bond acceptors (Lipinski definition) is 4. The maximum Gasteiger partial charge on any atom is 0.296 e. The molecule has 88 valence electrons. The highest BCUT2D eigenvalue weighted by Gasteiger charge is 2.19. The molecular formula is C10H9ClN4O2. The maximum absolute atomic E-state index is 10.9. The Morgan fingerprint density at radius 1 is 1.53 bits per heavy atom. The molecule has 0 fully saturated rings. The summed E-state index contributed by atoms with van der Waals surface area (Å²) in [5.41, 5.74) is 6.45. The summed E-state index contributed by atoms with van der Waals surface area (Å²) in [6.07, 6.45) is 1.60. The van der Waals surface area contributed by atoms with Crippen LogP contribution in [0.15, 0.2) is 24.4 Å². The number of aryl methyl sites for hydroxylation is 1. The van der Waals surface area contributed by atoms with Crippen molar-refractivity contribution in [2.24, 2.45) is 0 Å². The van der Waals surface area contributed by atoms with E-state index < -0.39 is 4.92 Å². The summed E-state index contributed by atoms with van der Waals surface area (Å²) < 4.78 is 1.32. The van der Waals surface area contributed by atoms with Gasteiger partial charge in [-0.2, -0.15) is 5.10 Å². The third-order valence-electron chi connectivity index (χ3n) is 2.33. The fraction of sp³-hybridized carbons (Fsp3) is 0.100. The molecular weight excluding hydrogens is 244 g/mol. The first-order valence-electron chi connectivity index (χ1n) is 4.75. The number of hydrogen-bond donors (Lipinski definition) is 1. The van der Waals surface area contributed by atoms with Crippen LogP contribution < -0.4 is 5.73 Å². The van der Waals surface area contributed by atoms with Gasteiger partial charge in [-0.25, -0.2) is 4.68 Å². The van der Waals surface area contributed by atoms with Crippen LogP contribution in [0.1, 0.15) is 5.56 Å². The average Bonchev–Trinajstić information content (AvgIpc) is 2.58. The first-order chi connectivity index (χ1) is 8.00. The van der Waals surface area contributed by atoms with Crippen LogP contribution in [0.2, 0.25) is 5.02 Å². The average molecular weight is 253 g/mol. The van der Waals surface area contributed by atoms with E-state index in [9.17, 15) is 10.1 Å². The maximum atomic E-state index is 10.9. The summed E-state index contributed by atoms with van der Waals surface area (Å²) in [5.74, 6) is 0.319. The summed E-state index contributed by atoms with van der Waals surface area (Å²) in [6, 6.07) is 4.45. The van der Waals surface area contributed by atoms with E-state index in [1.807, 2.05) is 0 Å². The number of para-hydroxylation sites is 1. The highest BCUT2D eigenvalue weighted by molar-refractivity contribution is 6.32. The van der Waals surface area contributed by atoms with Gasteiger partial charge in [0, 0.05) is 17.8 Å². The fourth-order valence-electron chi connectivity index (χ4n) is 1.47. The van der Waals surface area contributed by atoms with Gasteiger partial charge in [-0.05, 0) is 13.0 Å². The first-order valence-corrected chi connectivity index (χ1v) is 5.13. The zero-order valence-electron chi connectivity index (χ0n) is 8.92. The van der Waals surface area contributed by atoms with Crippen LogP contribution in [-0.2, 0) is 0 Å². The summed E-state index contributed by atoms with van der Waals surface area (Å²) in [6.45, 7) is 1.77. The Kier molecular flexibility index (Phi) is 2.72. The standard InChI is InChI=1S/C10H9ClN4O2/c1-6-5-14(13-10(6)12)9-7(11)3-2-4-8(9)15(16)17/h2-5H,1H3,(H2,12,13). The van der Waals surface area contributed by atoms with E-state index in [1.54, 1.807) is 19.2 Å². The number of nitro groups is 1. The Balaban J connectivity index is 2.69. The van der Waals surface area contributed by atoms with Crippen molar-refractivity contribution in [3.8, 4) is 5.69 Å². The number of nitrogens with two attached hydrogens (primary N) is 1. The lowest BCUT2D eigenvalue weighted by Crippen LogP contribution is -2.02. The summed E-state index contributed by atoms with van der Waals surface area (Å²) >= 11 is 5.96. The molecule has 0 aliphatic heterocycles. The van der Waals surface area contributed by atoms with Crippen LogP contribution in [0.3, 0.4) is 0 Å². The van der Waals surface area contributed by atoms with Crippen molar-refractivity contribution in [3.05, 3.63) is 45.1 Å². The number of halogens is 1. The molecule has 0 atom stereocenters. The van der Waals surface area contributed by atoms with E-state index >= 15 is 0 Å². The second kappa shape index (κ2) is 4.06. The summed E-state index contributed by atoms with van der Waals surface area (Å²) in [4.78, 5) is 10.4. The van der Waals surface area contributed by atoms with Crippen LogP contribution in [0.5, 0.6) is 0 Å². The van der Waals surface area contributed by atoms with E-state index in [0.29, 0.717) is 5.82 Å². The topological polar surface area (TPSA) is 87.0 Å². The smallest absolute Gasteiger partial charge is 0.296 e. The zero-order chi connectivity index (χ0) is 12.6. The molecule has 0 aliphatic carbocycles. The molecule has 0 saturated heterocycles. The zero-order valence-corrected chi connectivity index (χ0v) is 9.68. The lowest BCUT2D eigenvalue weighted by atomic mass is 10.2. The molecule has 1 aromatic heterocycles. The molecule has 2 aromatic rings. The van der Waals surface area contributed by atoms with Crippen molar-refractivity contribution >= 4 is 23.1 Å². The van der Waals surface area contributed by atoms with E-state index in [0.717, 1.165) is 5.56 Å². The van der Waals surface area contributed by atoms with Gasteiger partial charge in [0.15, 0.2) is 5.69 Å². The minimum Gasteiger partial charge on any atom is -0.382 e. The van der Waals surface area contributed by atoms with Crippen molar-refractivity contribution in [1.29, 1.82) is 0 Å². The Labute approximate surface area is 102 Å². The third-order valence-corrected chi connectivity index (χ3v) is 2.63. The van der Waals surface area contributed by atoms with Crippen molar-refractivity contribution in [2.45, 2.75) is 6.92 Å². The number of rotatable bonds is 2. The minimum atomic E-state index is -0.506. The Morgan fingerprint density at radius 2 is 2.24 bits per heavy atom. The van der Waals surface area contributed by atoms with Gasteiger partial charge in [0.25, 0.3) is 5.69 Å². The molecule has 0 spiro atoms. The minimum absolute atomic E-state index is 0.111. The van der Waals surface area contributed by atoms with Crippen LogP contribution in [0, 0.1) is 17.0 Å². The lowest BCUT2D eigenvalue weighted by Gasteiger charge is -2.04. The van der Waals surface area contributed by atoms with Crippen LogP contribution in [-0.4, -0.2) is 14.7 Å². The largest absolute Gasteiger partial charge is 0.382 e.